The third kappa shape index (κ3) is 4.32. The number of rotatable bonds is 5. The number of fused-ring (bicyclic) bond motifs is 1. The number of esters is 1. The van der Waals surface area contributed by atoms with Crippen molar-refractivity contribution >= 4 is 23.3 Å². The molecule has 2 aromatic carbocycles. The summed E-state index contributed by atoms with van der Waals surface area (Å²) < 4.78 is 15.9. The molecular formula is C18H16N2O7. The van der Waals surface area contributed by atoms with Crippen LogP contribution in [0.15, 0.2) is 42.5 Å². The molecule has 1 atom stereocenters. The van der Waals surface area contributed by atoms with Gasteiger partial charge in [0.25, 0.3) is 11.6 Å². The van der Waals surface area contributed by atoms with E-state index >= 15 is 0 Å². The van der Waals surface area contributed by atoms with E-state index in [2.05, 4.69) is 5.32 Å². The number of nitro groups is 1. The van der Waals surface area contributed by atoms with E-state index < -0.39 is 29.5 Å². The van der Waals surface area contributed by atoms with Gasteiger partial charge in [0.1, 0.15) is 6.61 Å². The second kappa shape index (κ2) is 7.73. The first-order valence-electron chi connectivity index (χ1n) is 8.04. The van der Waals surface area contributed by atoms with Crippen molar-refractivity contribution in [3.8, 4) is 11.5 Å². The number of para-hydroxylation sites is 2. The maximum absolute atomic E-state index is 12.1. The van der Waals surface area contributed by atoms with E-state index in [9.17, 15) is 19.7 Å². The molecule has 0 unspecified atom stereocenters. The van der Waals surface area contributed by atoms with Crippen LogP contribution in [0.25, 0.3) is 0 Å². The zero-order chi connectivity index (χ0) is 19.4. The zero-order valence-electron chi connectivity index (χ0n) is 14.3. The minimum Gasteiger partial charge on any atom is -0.485 e. The summed E-state index contributed by atoms with van der Waals surface area (Å²) in [5.41, 5.74) is 0.761. The summed E-state index contributed by atoms with van der Waals surface area (Å²) in [5.74, 6) is -0.415. The first-order valence-corrected chi connectivity index (χ1v) is 8.04. The number of aryl methyl sites for hydroxylation is 1. The van der Waals surface area contributed by atoms with Crippen molar-refractivity contribution in [1.82, 2.24) is 0 Å². The molecule has 27 heavy (non-hydrogen) atoms. The standard InChI is InChI=1S/C18H16N2O7/c1-11-6-7-12(20(23)24)8-13(11)19-17(21)10-26-18(22)16-9-25-14-4-2-3-5-15(14)27-16/h2-8,16H,9-10H2,1H3,(H,19,21)/t16-/m0/s1. The maximum atomic E-state index is 12.1. The van der Waals surface area contributed by atoms with E-state index in [0.717, 1.165) is 0 Å². The number of nitro benzene ring substituents is 1. The first kappa shape index (κ1) is 18.2. The Hall–Kier alpha value is -3.62. The van der Waals surface area contributed by atoms with E-state index in [1.54, 1.807) is 31.2 Å². The number of anilines is 1. The second-order valence-corrected chi connectivity index (χ2v) is 5.78. The van der Waals surface area contributed by atoms with Gasteiger partial charge in [-0.05, 0) is 24.6 Å². The number of ether oxygens (including phenoxy) is 3. The Morgan fingerprint density at radius 2 is 2.00 bits per heavy atom. The van der Waals surface area contributed by atoms with Crippen molar-refractivity contribution in [2.45, 2.75) is 13.0 Å². The molecule has 0 saturated heterocycles. The molecule has 0 spiro atoms. The van der Waals surface area contributed by atoms with Gasteiger partial charge in [-0.1, -0.05) is 18.2 Å². The molecule has 1 aliphatic heterocycles. The molecule has 1 heterocycles. The second-order valence-electron chi connectivity index (χ2n) is 5.78. The highest BCUT2D eigenvalue weighted by atomic mass is 16.6. The highest BCUT2D eigenvalue weighted by Gasteiger charge is 2.29. The topological polar surface area (TPSA) is 117 Å². The number of carbonyl (C=O) groups excluding carboxylic acids is 2. The van der Waals surface area contributed by atoms with Gasteiger partial charge in [0.05, 0.1) is 10.6 Å². The van der Waals surface area contributed by atoms with Crippen LogP contribution < -0.4 is 14.8 Å². The van der Waals surface area contributed by atoms with Gasteiger partial charge in [0.2, 0.25) is 6.10 Å². The predicted molar refractivity (Wildman–Crippen MR) is 93.8 cm³/mol. The molecule has 1 amide bonds. The number of hydrogen-bond donors (Lipinski definition) is 1. The molecule has 2 aromatic rings. The summed E-state index contributed by atoms with van der Waals surface area (Å²) >= 11 is 0. The fourth-order valence-corrected chi connectivity index (χ4v) is 2.41. The Labute approximate surface area is 154 Å². The third-order valence-corrected chi connectivity index (χ3v) is 3.82. The van der Waals surface area contributed by atoms with E-state index in [-0.39, 0.29) is 18.0 Å². The molecule has 0 aliphatic carbocycles. The SMILES string of the molecule is Cc1ccc([N+](=O)[O-])cc1NC(=O)COC(=O)[C@@H]1COc2ccccc2O1. The van der Waals surface area contributed by atoms with Crippen molar-refractivity contribution in [3.63, 3.8) is 0 Å². The Kier molecular flexibility index (Phi) is 5.20. The number of hydrogen-bond acceptors (Lipinski definition) is 7. The maximum Gasteiger partial charge on any atom is 0.351 e. The number of nitrogens with one attached hydrogen (secondary N) is 1. The smallest absolute Gasteiger partial charge is 0.351 e. The molecule has 1 aliphatic rings. The van der Waals surface area contributed by atoms with Crippen LogP contribution >= 0.6 is 0 Å². The van der Waals surface area contributed by atoms with Gasteiger partial charge in [0.15, 0.2) is 18.1 Å². The Morgan fingerprint density at radius 1 is 1.26 bits per heavy atom. The van der Waals surface area contributed by atoms with Gasteiger partial charge in [-0.15, -0.1) is 0 Å². The molecule has 9 heteroatoms. The van der Waals surface area contributed by atoms with Crippen LogP contribution in [0.3, 0.4) is 0 Å². The highest BCUT2D eigenvalue weighted by Crippen LogP contribution is 2.31. The summed E-state index contributed by atoms with van der Waals surface area (Å²) in [7, 11) is 0. The summed E-state index contributed by atoms with van der Waals surface area (Å²) in [6.07, 6.45) is -0.979. The molecule has 1 N–H and O–H groups in total. The monoisotopic (exact) mass is 372 g/mol. The fraction of sp³-hybridized carbons (Fsp3) is 0.222. The number of carbonyl (C=O) groups is 2. The van der Waals surface area contributed by atoms with Gasteiger partial charge in [-0.25, -0.2) is 4.79 Å². The van der Waals surface area contributed by atoms with Crippen LogP contribution in [0.2, 0.25) is 0 Å². The lowest BCUT2D eigenvalue weighted by Gasteiger charge is -2.24. The summed E-state index contributed by atoms with van der Waals surface area (Å²) in [4.78, 5) is 34.3. The highest BCUT2D eigenvalue weighted by molar-refractivity contribution is 5.94. The molecule has 9 nitrogen and oxygen atoms in total. The lowest BCUT2D eigenvalue weighted by molar-refractivity contribution is -0.384. The van der Waals surface area contributed by atoms with Gasteiger partial charge >= 0.3 is 5.97 Å². The minimum atomic E-state index is -0.979. The van der Waals surface area contributed by atoms with E-state index in [1.807, 2.05) is 0 Å². The van der Waals surface area contributed by atoms with Crippen molar-refractivity contribution in [2.24, 2.45) is 0 Å². The van der Waals surface area contributed by atoms with E-state index in [1.165, 1.54) is 18.2 Å². The summed E-state index contributed by atoms with van der Waals surface area (Å²) in [6.45, 7) is 1.11. The van der Waals surface area contributed by atoms with Crippen LogP contribution in [0, 0.1) is 17.0 Å². The molecular weight excluding hydrogens is 356 g/mol. The zero-order valence-corrected chi connectivity index (χ0v) is 14.3. The molecule has 0 fully saturated rings. The Bertz CT molecular complexity index is 897. The number of amides is 1. The average Bonchev–Trinajstić information content (AvgIpc) is 2.67. The molecule has 3 rings (SSSR count). The van der Waals surface area contributed by atoms with Crippen LogP contribution in [-0.2, 0) is 14.3 Å². The molecule has 140 valence electrons. The van der Waals surface area contributed by atoms with Gasteiger partial charge in [-0.3, -0.25) is 14.9 Å². The number of non-ortho nitro benzene ring substituents is 1. The average molecular weight is 372 g/mol. The Balaban J connectivity index is 1.54. The molecule has 0 aromatic heterocycles. The van der Waals surface area contributed by atoms with E-state index in [0.29, 0.717) is 17.1 Å². The van der Waals surface area contributed by atoms with Crippen LogP contribution in [0.5, 0.6) is 11.5 Å². The lowest BCUT2D eigenvalue weighted by Crippen LogP contribution is -2.39. The van der Waals surface area contributed by atoms with Crippen molar-refractivity contribution in [1.29, 1.82) is 0 Å². The predicted octanol–water partition coefficient (Wildman–Crippen LogP) is 2.22. The number of nitrogens with zero attached hydrogens (tertiary/aromatic N) is 1. The lowest BCUT2D eigenvalue weighted by atomic mass is 10.2. The quantitative estimate of drug-likeness (QED) is 0.486. The third-order valence-electron chi connectivity index (χ3n) is 3.82. The van der Waals surface area contributed by atoms with Crippen LogP contribution in [0.1, 0.15) is 5.56 Å². The minimum absolute atomic E-state index is 0.0263. The van der Waals surface area contributed by atoms with E-state index in [4.69, 9.17) is 14.2 Å². The van der Waals surface area contributed by atoms with Gasteiger partial charge in [-0.2, -0.15) is 0 Å². The Morgan fingerprint density at radius 3 is 2.74 bits per heavy atom. The molecule has 0 radical (unpaired) electrons. The van der Waals surface area contributed by atoms with Crippen LogP contribution in [0.4, 0.5) is 11.4 Å². The van der Waals surface area contributed by atoms with Crippen LogP contribution in [-0.4, -0.2) is 36.1 Å². The molecule has 0 bridgehead atoms. The van der Waals surface area contributed by atoms with Gasteiger partial charge in [0, 0.05) is 12.1 Å². The van der Waals surface area contributed by atoms with Crippen molar-refractivity contribution in [2.75, 3.05) is 18.5 Å². The fourth-order valence-electron chi connectivity index (χ4n) is 2.41. The largest absolute Gasteiger partial charge is 0.485 e. The number of benzene rings is 2. The normalized spacial score (nSPS) is 14.9. The molecule has 0 saturated carbocycles. The summed E-state index contributed by atoms with van der Waals surface area (Å²) in [5, 5.41) is 13.3. The van der Waals surface area contributed by atoms with Crippen molar-refractivity contribution in [3.05, 3.63) is 58.1 Å². The van der Waals surface area contributed by atoms with Gasteiger partial charge < -0.3 is 19.5 Å². The summed E-state index contributed by atoms with van der Waals surface area (Å²) in [6, 6.07) is 11.0. The van der Waals surface area contributed by atoms with Crippen molar-refractivity contribution < 1.29 is 28.7 Å². The first-order chi connectivity index (χ1) is 12.9.